The molecule has 1 saturated heterocycles. The van der Waals surface area contributed by atoms with Crippen LogP contribution in [0.4, 0.5) is 5.82 Å². The molecule has 2 aromatic heterocycles. The van der Waals surface area contributed by atoms with Gasteiger partial charge in [-0.15, -0.1) is 0 Å². The number of likely N-dealkylation sites (tertiary alicyclic amines) is 1. The molecule has 1 aliphatic rings. The minimum atomic E-state index is -0.0905. The Morgan fingerprint density at radius 2 is 2.39 bits per heavy atom. The maximum atomic E-state index is 12.0. The molecule has 0 spiro atoms. The normalized spacial score (nSPS) is 21.2. The van der Waals surface area contributed by atoms with Gasteiger partial charge in [-0.05, 0) is 18.4 Å². The number of fused-ring (bicyclic) bond motifs is 1. The van der Waals surface area contributed by atoms with E-state index in [9.17, 15) is 4.79 Å². The molecule has 3 heterocycles. The topological polar surface area (TPSA) is 88.9 Å². The number of carbonyl (C=O) groups excluding carboxylic acids is 1. The molecular weight excluding hydrogens is 296 g/mol. The summed E-state index contributed by atoms with van der Waals surface area (Å²) in [7, 11) is 2.01. The third kappa shape index (κ3) is 2.84. The number of nitrogens with one attached hydrogen (secondary N) is 1. The van der Waals surface area contributed by atoms with Crippen LogP contribution in [0.1, 0.15) is 19.8 Å². The summed E-state index contributed by atoms with van der Waals surface area (Å²) in [6.07, 6.45) is 4.27. The van der Waals surface area contributed by atoms with E-state index in [4.69, 9.17) is 5.26 Å². The monoisotopic (exact) mass is 316 g/mol. The fourth-order valence-corrected chi connectivity index (χ4v) is 3.26. The number of hydrogen-bond acceptors (Lipinski definition) is 5. The van der Waals surface area contributed by atoms with Gasteiger partial charge in [0, 0.05) is 26.3 Å². The molecule has 2 atom stereocenters. The molecule has 120 valence electrons. The molecule has 1 N–H and O–H groups in total. The Balaban J connectivity index is 1.85. The van der Waals surface area contributed by atoms with E-state index in [1.807, 2.05) is 25.4 Å². The SMILES string of the molecule is C[C@@H]1CCN([13C](=O)[13CH2][13C]#[15N])C[C@@H]1N(C)c1ncnc2[nH]ccc12. The van der Waals surface area contributed by atoms with Gasteiger partial charge in [-0.3, -0.25) is 4.79 Å². The predicted octanol–water partition coefficient (Wildman–Crippen LogP) is 1.54. The number of carbonyl (C=O) groups is 1. The fourth-order valence-electron chi connectivity index (χ4n) is 3.26. The van der Waals surface area contributed by atoms with Crippen molar-refractivity contribution in [2.45, 2.75) is 25.8 Å². The summed E-state index contributed by atoms with van der Waals surface area (Å²) in [6.45, 7) is 3.53. The van der Waals surface area contributed by atoms with Crippen LogP contribution >= 0.6 is 0 Å². The lowest BCUT2D eigenvalue weighted by Crippen LogP contribution is -2.52. The smallest absolute Gasteiger partial charge is 0.236 e. The third-order valence-electron chi connectivity index (χ3n) is 4.67. The average molecular weight is 316 g/mol. The first-order valence-electron chi connectivity index (χ1n) is 7.77. The number of aromatic nitrogens is 3. The lowest BCUT2D eigenvalue weighted by Gasteiger charge is -2.42. The molecule has 0 unspecified atom stereocenters. The number of nitrogens with zero attached hydrogens (tertiary/aromatic N) is 5. The molecule has 3 rings (SSSR count). The summed E-state index contributed by atoms with van der Waals surface area (Å²) in [5.74, 6) is 1.21. The number of likely N-dealkylation sites (N-methyl/N-ethyl adjacent to an activating group) is 1. The summed E-state index contributed by atoms with van der Waals surface area (Å²) in [4.78, 5) is 27.7. The predicted molar refractivity (Wildman–Crippen MR) is 86.7 cm³/mol. The Labute approximate surface area is 134 Å². The van der Waals surface area contributed by atoms with E-state index in [-0.39, 0.29) is 18.4 Å². The lowest BCUT2D eigenvalue weighted by molar-refractivity contribution is -0.131. The summed E-state index contributed by atoms with van der Waals surface area (Å²) in [5.41, 5.74) is 0.808. The van der Waals surface area contributed by atoms with Crippen LogP contribution in [0, 0.1) is 17.2 Å². The van der Waals surface area contributed by atoms with Gasteiger partial charge < -0.3 is 14.8 Å². The molecule has 0 aliphatic carbocycles. The third-order valence-corrected chi connectivity index (χ3v) is 4.67. The number of rotatable bonds is 3. The average Bonchev–Trinajstić information content (AvgIpc) is 3.03. The van der Waals surface area contributed by atoms with Crippen LogP contribution in [-0.4, -0.2) is 51.9 Å². The van der Waals surface area contributed by atoms with E-state index in [0.717, 1.165) is 29.8 Å². The number of piperidine rings is 1. The second-order valence-electron chi connectivity index (χ2n) is 6.06. The molecule has 0 saturated carbocycles. The van der Waals surface area contributed by atoms with E-state index in [1.165, 1.54) is 0 Å². The quantitative estimate of drug-likeness (QED) is 0.685. The van der Waals surface area contributed by atoms with Gasteiger partial charge in [-0.1, -0.05) is 6.92 Å². The van der Waals surface area contributed by atoms with Crippen molar-refractivity contribution >= 4 is 22.8 Å². The first-order chi connectivity index (χ1) is 11.1. The molecule has 7 heteroatoms. The first kappa shape index (κ1) is 15.3. The fraction of sp³-hybridized carbons (Fsp3) is 0.500. The van der Waals surface area contributed by atoms with E-state index >= 15 is 0 Å². The molecule has 0 aromatic carbocycles. The highest BCUT2D eigenvalue weighted by Gasteiger charge is 2.32. The van der Waals surface area contributed by atoms with Crippen LogP contribution in [0.3, 0.4) is 0 Å². The molecule has 23 heavy (non-hydrogen) atoms. The summed E-state index contributed by atoms with van der Waals surface area (Å²) >= 11 is 0. The molecule has 0 radical (unpaired) electrons. The maximum absolute atomic E-state index is 12.0. The van der Waals surface area contributed by atoms with Gasteiger partial charge in [0.2, 0.25) is 5.91 Å². The van der Waals surface area contributed by atoms with Gasteiger partial charge in [0.15, 0.2) is 0 Å². The van der Waals surface area contributed by atoms with Crippen LogP contribution in [0.5, 0.6) is 0 Å². The van der Waals surface area contributed by atoms with Crippen LogP contribution in [0.2, 0.25) is 0 Å². The standard InChI is InChI=1S/C16H20N6O/c1-11-5-8-22(14(23)3-6-17)9-13(11)21(2)16-12-4-7-18-15(12)19-10-20-16/h4,7,10-11,13H,3,5,8-9H2,1-2H3,(H,18,19,20)/t11-,13+/m1/s1/i3+1,6+1,14+1,17+1. The molecule has 1 aliphatic heterocycles. The Hall–Kier alpha value is -2.62. The van der Waals surface area contributed by atoms with Gasteiger partial charge in [-0.25, -0.2) is 9.97 Å². The molecule has 1 amide bonds. The second kappa shape index (κ2) is 6.24. The summed E-state index contributed by atoms with van der Waals surface area (Å²) < 4.78 is 0. The van der Waals surface area contributed by atoms with Gasteiger partial charge in [0.05, 0.1) is 17.5 Å². The van der Waals surface area contributed by atoms with Crippen molar-refractivity contribution in [3.63, 3.8) is 0 Å². The highest BCUT2D eigenvalue weighted by molar-refractivity contribution is 5.87. The van der Waals surface area contributed by atoms with E-state index in [0.29, 0.717) is 12.5 Å². The number of aromatic amines is 1. The first-order valence-corrected chi connectivity index (χ1v) is 7.77. The Bertz CT molecular complexity index is 748. The summed E-state index contributed by atoms with van der Waals surface area (Å²) in [6, 6.07) is 4.07. The van der Waals surface area contributed by atoms with Crippen molar-refractivity contribution in [2.75, 3.05) is 25.0 Å². The van der Waals surface area contributed by atoms with E-state index < -0.39 is 0 Å². The highest BCUT2D eigenvalue weighted by atomic mass is 16.2. The van der Waals surface area contributed by atoms with E-state index in [1.54, 1.807) is 11.2 Å². The molecule has 7 nitrogen and oxygen atoms in total. The zero-order valence-corrected chi connectivity index (χ0v) is 13.4. The Kier molecular flexibility index (Phi) is 4.15. The van der Waals surface area contributed by atoms with Crippen molar-refractivity contribution in [3.05, 3.63) is 18.6 Å². The van der Waals surface area contributed by atoms with Crippen LogP contribution in [0.15, 0.2) is 18.6 Å². The van der Waals surface area contributed by atoms with Crippen molar-refractivity contribution in [1.29, 1.82) is 5.26 Å². The van der Waals surface area contributed by atoms with Gasteiger partial charge in [0.25, 0.3) is 0 Å². The van der Waals surface area contributed by atoms with Gasteiger partial charge >= 0.3 is 0 Å². The van der Waals surface area contributed by atoms with Crippen LogP contribution in [-0.2, 0) is 4.79 Å². The van der Waals surface area contributed by atoms with Gasteiger partial charge in [-0.2, -0.15) is 5.26 Å². The summed E-state index contributed by atoms with van der Waals surface area (Å²) in [5, 5.41) is 9.71. The lowest BCUT2D eigenvalue weighted by atomic mass is 9.93. The van der Waals surface area contributed by atoms with Gasteiger partial charge in [0.1, 0.15) is 24.2 Å². The Morgan fingerprint density at radius 3 is 3.17 bits per heavy atom. The van der Waals surface area contributed by atoms with Crippen LogP contribution < -0.4 is 4.90 Å². The van der Waals surface area contributed by atoms with Crippen molar-refractivity contribution in [2.24, 2.45) is 5.92 Å². The highest BCUT2D eigenvalue weighted by Crippen LogP contribution is 2.28. The van der Waals surface area contributed by atoms with E-state index in [2.05, 4.69) is 26.8 Å². The number of amides is 1. The molecule has 0 bridgehead atoms. The van der Waals surface area contributed by atoms with Crippen molar-refractivity contribution in [1.82, 2.24) is 19.9 Å². The minimum absolute atomic E-state index is 0.0552. The maximum Gasteiger partial charge on any atom is 0.236 e. The van der Waals surface area contributed by atoms with Crippen molar-refractivity contribution in [3.8, 4) is 6.07 Å². The minimum Gasteiger partial charge on any atom is -0.354 e. The number of H-pyrrole nitrogens is 1. The zero-order chi connectivity index (χ0) is 16.4. The second-order valence-corrected chi connectivity index (χ2v) is 6.06. The largest absolute Gasteiger partial charge is 0.354 e. The number of anilines is 1. The molecule has 1 fully saturated rings. The number of hydrogen-bond donors (Lipinski definition) is 1. The number of nitriles is 1. The molecule has 2 aromatic rings. The Morgan fingerprint density at radius 1 is 1.57 bits per heavy atom. The zero-order valence-electron chi connectivity index (χ0n) is 13.4. The molecular formula is C16H20N6O. The van der Waals surface area contributed by atoms with Crippen LogP contribution in [0.25, 0.3) is 11.0 Å². The van der Waals surface area contributed by atoms with Crippen molar-refractivity contribution < 1.29 is 4.79 Å².